The van der Waals surface area contributed by atoms with Crippen LogP contribution in [0.3, 0.4) is 0 Å². The minimum absolute atomic E-state index is 0.0482. The molecule has 1 aromatic rings. The van der Waals surface area contributed by atoms with Crippen molar-refractivity contribution in [1.29, 1.82) is 0 Å². The van der Waals surface area contributed by atoms with Gasteiger partial charge in [0.15, 0.2) is 5.69 Å². The smallest absolute Gasteiger partial charge is 0.354 e. The SMILES string of the molecule is Cc1cc(C(=O)O)nc(NCC2CCCC(C)C2)n1. The first-order chi connectivity index (χ1) is 9.04. The van der Waals surface area contributed by atoms with Crippen LogP contribution in [0, 0.1) is 18.8 Å². The molecule has 19 heavy (non-hydrogen) atoms. The van der Waals surface area contributed by atoms with Gasteiger partial charge in [0.25, 0.3) is 0 Å². The molecular formula is C14H21N3O2. The van der Waals surface area contributed by atoms with Crippen LogP contribution in [0.5, 0.6) is 0 Å². The summed E-state index contributed by atoms with van der Waals surface area (Å²) in [4.78, 5) is 19.2. The van der Waals surface area contributed by atoms with Crippen LogP contribution in [-0.4, -0.2) is 27.6 Å². The molecule has 2 N–H and O–H groups in total. The highest BCUT2D eigenvalue weighted by molar-refractivity contribution is 5.85. The molecule has 0 aromatic carbocycles. The molecule has 2 unspecified atom stereocenters. The summed E-state index contributed by atoms with van der Waals surface area (Å²) in [5.74, 6) is 0.838. The van der Waals surface area contributed by atoms with E-state index >= 15 is 0 Å². The molecule has 1 heterocycles. The Hall–Kier alpha value is -1.65. The fourth-order valence-corrected chi connectivity index (χ4v) is 2.74. The number of hydrogen-bond donors (Lipinski definition) is 2. The summed E-state index contributed by atoms with van der Waals surface area (Å²) in [6.07, 6.45) is 5.06. The zero-order valence-electron chi connectivity index (χ0n) is 11.5. The first-order valence-electron chi connectivity index (χ1n) is 6.87. The van der Waals surface area contributed by atoms with Crippen LogP contribution < -0.4 is 5.32 Å². The Balaban J connectivity index is 1.97. The van der Waals surface area contributed by atoms with Crippen LogP contribution in [0.1, 0.15) is 48.8 Å². The lowest BCUT2D eigenvalue weighted by atomic mass is 9.82. The lowest BCUT2D eigenvalue weighted by Crippen LogP contribution is -2.22. The predicted octanol–water partition coefficient (Wildman–Crippen LogP) is 2.72. The highest BCUT2D eigenvalue weighted by atomic mass is 16.4. The molecule has 1 saturated carbocycles. The normalized spacial score (nSPS) is 23.1. The van der Waals surface area contributed by atoms with E-state index < -0.39 is 5.97 Å². The molecule has 0 radical (unpaired) electrons. The summed E-state index contributed by atoms with van der Waals surface area (Å²) in [5, 5.41) is 12.2. The molecule has 1 aliphatic carbocycles. The van der Waals surface area contributed by atoms with Crippen molar-refractivity contribution < 1.29 is 9.90 Å². The van der Waals surface area contributed by atoms with E-state index in [9.17, 15) is 4.79 Å². The number of nitrogens with one attached hydrogen (secondary N) is 1. The maximum atomic E-state index is 10.9. The summed E-state index contributed by atoms with van der Waals surface area (Å²) < 4.78 is 0. The predicted molar refractivity (Wildman–Crippen MR) is 73.3 cm³/mol. The molecule has 0 spiro atoms. The lowest BCUT2D eigenvalue weighted by molar-refractivity contribution is 0.0690. The Morgan fingerprint density at radius 3 is 2.95 bits per heavy atom. The number of carboxylic acids is 1. The van der Waals surface area contributed by atoms with Gasteiger partial charge < -0.3 is 10.4 Å². The van der Waals surface area contributed by atoms with Gasteiger partial charge in [0.05, 0.1) is 0 Å². The minimum atomic E-state index is -1.01. The first-order valence-corrected chi connectivity index (χ1v) is 6.87. The van der Waals surface area contributed by atoms with E-state index in [1.807, 2.05) is 0 Å². The fraction of sp³-hybridized carbons (Fsp3) is 0.643. The van der Waals surface area contributed by atoms with Crippen molar-refractivity contribution in [2.75, 3.05) is 11.9 Å². The molecular weight excluding hydrogens is 242 g/mol. The standard InChI is InChI=1S/C14H21N3O2/c1-9-4-3-5-11(6-9)8-15-14-16-10(2)7-12(17-14)13(18)19/h7,9,11H,3-6,8H2,1-2H3,(H,18,19)(H,15,16,17). The molecule has 5 nitrogen and oxygen atoms in total. The van der Waals surface area contributed by atoms with Crippen molar-refractivity contribution >= 4 is 11.9 Å². The Kier molecular flexibility index (Phi) is 4.35. The molecule has 0 amide bonds. The number of aromatic carboxylic acids is 1. The number of hydrogen-bond acceptors (Lipinski definition) is 4. The number of aromatic nitrogens is 2. The van der Waals surface area contributed by atoms with Gasteiger partial charge in [-0.05, 0) is 37.7 Å². The minimum Gasteiger partial charge on any atom is -0.477 e. The van der Waals surface area contributed by atoms with Crippen LogP contribution in [0.15, 0.2) is 6.07 Å². The van der Waals surface area contributed by atoms with Crippen molar-refractivity contribution in [2.24, 2.45) is 11.8 Å². The maximum Gasteiger partial charge on any atom is 0.354 e. The van der Waals surface area contributed by atoms with Gasteiger partial charge in [-0.2, -0.15) is 0 Å². The highest BCUT2D eigenvalue weighted by Crippen LogP contribution is 2.28. The second-order valence-electron chi connectivity index (χ2n) is 5.54. The van der Waals surface area contributed by atoms with Gasteiger partial charge in [-0.15, -0.1) is 0 Å². The van der Waals surface area contributed by atoms with Crippen molar-refractivity contribution in [2.45, 2.75) is 39.5 Å². The zero-order chi connectivity index (χ0) is 13.8. The average molecular weight is 263 g/mol. The Bertz CT molecular complexity index is 462. The second kappa shape index (κ2) is 5.99. The number of nitrogens with zero attached hydrogens (tertiary/aromatic N) is 2. The topological polar surface area (TPSA) is 75.1 Å². The van der Waals surface area contributed by atoms with Crippen molar-refractivity contribution in [3.8, 4) is 0 Å². The monoisotopic (exact) mass is 263 g/mol. The van der Waals surface area contributed by atoms with Crippen LogP contribution in [-0.2, 0) is 0 Å². The molecule has 1 fully saturated rings. The van der Waals surface area contributed by atoms with E-state index in [0.717, 1.165) is 12.5 Å². The van der Waals surface area contributed by atoms with Crippen LogP contribution >= 0.6 is 0 Å². The molecule has 5 heteroatoms. The van der Waals surface area contributed by atoms with Crippen molar-refractivity contribution in [1.82, 2.24) is 9.97 Å². The number of rotatable bonds is 4. The number of anilines is 1. The van der Waals surface area contributed by atoms with Gasteiger partial charge in [0, 0.05) is 12.2 Å². The second-order valence-corrected chi connectivity index (χ2v) is 5.54. The molecule has 1 aromatic heterocycles. The Morgan fingerprint density at radius 2 is 2.26 bits per heavy atom. The first kappa shape index (κ1) is 13.8. The number of carbonyl (C=O) groups is 1. The van der Waals surface area contributed by atoms with E-state index in [1.165, 1.54) is 31.7 Å². The highest BCUT2D eigenvalue weighted by Gasteiger charge is 2.19. The molecule has 104 valence electrons. The Labute approximate surface area is 113 Å². The summed E-state index contributed by atoms with van der Waals surface area (Å²) >= 11 is 0. The maximum absolute atomic E-state index is 10.9. The quantitative estimate of drug-likeness (QED) is 0.873. The summed E-state index contributed by atoms with van der Waals surface area (Å²) in [6.45, 7) is 4.90. The Morgan fingerprint density at radius 1 is 1.47 bits per heavy atom. The van der Waals surface area contributed by atoms with E-state index in [2.05, 4.69) is 22.2 Å². The van der Waals surface area contributed by atoms with Gasteiger partial charge in [-0.25, -0.2) is 14.8 Å². The summed E-state index contributed by atoms with van der Waals surface area (Å²) in [6, 6.07) is 1.48. The number of aryl methyl sites for hydroxylation is 1. The van der Waals surface area contributed by atoms with E-state index in [-0.39, 0.29) is 5.69 Å². The molecule has 0 bridgehead atoms. The van der Waals surface area contributed by atoms with E-state index in [0.29, 0.717) is 17.6 Å². The molecule has 1 aliphatic rings. The van der Waals surface area contributed by atoms with Crippen LogP contribution in [0.4, 0.5) is 5.95 Å². The van der Waals surface area contributed by atoms with Gasteiger partial charge >= 0.3 is 5.97 Å². The van der Waals surface area contributed by atoms with Crippen molar-refractivity contribution in [3.63, 3.8) is 0 Å². The molecule has 0 saturated heterocycles. The third-order valence-electron chi connectivity index (χ3n) is 3.67. The van der Waals surface area contributed by atoms with Crippen LogP contribution in [0.2, 0.25) is 0 Å². The molecule has 2 rings (SSSR count). The fourth-order valence-electron chi connectivity index (χ4n) is 2.74. The summed E-state index contributed by atoms with van der Waals surface area (Å²) in [7, 11) is 0. The van der Waals surface area contributed by atoms with Crippen LogP contribution in [0.25, 0.3) is 0 Å². The molecule has 0 aliphatic heterocycles. The largest absolute Gasteiger partial charge is 0.477 e. The molecule has 2 atom stereocenters. The van der Waals surface area contributed by atoms with Gasteiger partial charge in [0.2, 0.25) is 5.95 Å². The van der Waals surface area contributed by atoms with Gasteiger partial charge in [0.1, 0.15) is 0 Å². The third kappa shape index (κ3) is 3.91. The lowest BCUT2D eigenvalue weighted by Gasteiger charge is -2.26. The zero-order valence-corrected chi connectivity index (χ0v) is 11.5. The van der Waals surface area contributed by atoms with Crippen molar-refractivity contribution in [3.05, 3.63) is 17.5 Å². The number of carboxylic acid groups (broad SMARTS) is 1. The summed E-state index contributed by atoms with van der Waals surface area (Å²) in [5.41, 5.74) is 0.721. The van der Waals surface area contributed by atoms with Gasteiger partial charge in [-0.3, -0.25) is 0 Å². The average Bonchev–Trinajstić information content (AvgIpc) is 2.36. The third-order valence-corrected chi connectivity index (χ3v) is 3.67. The van der Waals surface area contributed by atoms with E-state index in [4.69, 9.17) is 5.11 Å². The van der Waals surface area contributed by atoms with E-state index in [1.54, 1.807) is 6.92 Å². The van der Waals surface area contributed by atoms with Gasteiger partial charge in [-0.1, -0.05) is 19.8 Å².